The minimum Gasteiger partial charge on any atom is -0.325 e. The highest BCUT2D eigenvalue weighted by Gasteiger charge is 2.31. The van der Waals surface area contributed by atoms with E-state index in [1.54, 1.807) is 0 Å². The van der Waals surface area contributed by atoms with E-state index in [2.05, 4.69) is 33.9 Å². The Morgan fingerprint density at radius 2 is 2.12 bits per heavy atom. The van der Waals surface area contributed by atoms with Crippen LogP contribution in [0.1, 0.15) is 44.6 Å². The van der Waals surface area contributed by atoms with Crippen molar-refractivity contribution in [1.82, 2.24) is 4.98 Å². The molecule has 94 valence electrons. The lowest BCUT2D eigenvalue weighted by Gasteiger charge is -2.37. The smallest absolute Gasteiger partial charge is 0.0410 e. The number of hydrogen-bond donors (Lipinski definition) is 1. The molecule has 1 saturated carbocycles. The molecule has 0 bridgehead atoms. The van der Waals surface area contributed by atoms with Gasteiger partial charge in [-0.1, -0.05) is 13.3 Å². The average Bonchev–Trinajstić information content (AvgIpc) is 2.29. The van der Waals surface area contributed by atoms with Crippen LogP contribution in [-0.4, -0.2) is 10.5 Å². The molecule has 1 fully saturated rings. The summed E-state index contributed by atoms with van der Waals surface area (Å²) < 4.78 is 1.04. The predicted molar refractivity (Wildman–Crippen MR) is 74.8 cm³/mol. The highest BCUT2D eigenvalue weighted by molar-refractivity contribution is 9.10. The van der Waals surface area contributed by atoms with Crippen molar-refractivity contribution in [2.45, 2.75) is 51.0 Å². The maximum atomic E-state index is 6.52. The molecule has 0 amide bonds. The second kappa shape index (κ2) is 5.49. The standard InChI is InChI=1S/C14H21BrN2/c1-2-11-3-5-14(16,6-4-11)8-12-7-13(15)10-17-9-12/h7,9-11H,2-6,8,16H2,1H3. The van der Waals surface area contributed by atoms with Gasteiger partial charge in [-0.3, -0.25) is 4.98 Å². The normalized spacial score (nSPS) is 29.2. The lowest BCUT2D eigenvalue weighted by molar-refractivity contribution is 0.228. The van der Waals surface area contributed by atoms with Gasteiger partial charge in [-0.05, 0) is 65.6 Å². The second-order valence-corrected chi connectivity index (χ2v) is 6.32. The van der Waals surface area contributed by atoms with Crippen LogP contribution >= 0.6 is 15.9 Å². The van der Waals surface area contributed by atoms with Gasteiger partial charge in [0.2, 0.25) is 0 Å². The van der Waals surface area contributed by atoms with Gasteiger partial charge in [-0.15, -0.1) is 0 Å². The van der Waals surface area contributed by atoms with Crippen LogP contribution in [0, 0.1) is 5.92 Å². The number of pyridine rings is 1. The Morgan fingerprint density at radius 1 is 1.41 bits per heavy atom. The quantitative estimate of drug-likeness (QED) is 0.924. The molecule has 3 heteroatoms. The molecule has 0 atom stereocenters. The fourth-order valence-electron chi connectivity index (χ4n) is 2.80. The predicted octanol–water partition coefficient (Wildman–Crippen LogP) is 3.68. The van der Waals surface area contributed by atoms with Gasteiger partial charge < -0.3 is 5.73 Å². The van der Waals surface area contributed by atoms with Gasteiger partial charge in [0.25, 0.3) is 0 Å². The summed E-state index contributed by atoms with van der Waals surface area (Å²) in [6, 6.07) is 2.13. The molecule has 0 radical (unpaired) electrons. The molecule has 1 aliphatic rings. The van der Waals surface area contributed by atoms with Crippen molar-refractivity contribution in [1.29, 1.82) is 0 Å². The number of rotatable bonds is 3. The molecule has 1 aromatic heterocycles. The van der Waals surface area contributed by atoms with Crippen molar-refractivity contribution in [2.75, 3.05) is 0 Å². The van der Waals surface area contributed by atoms with Crippen LogP contribution in [0.2, 0.25) is 0 Å². The Kier molecular flexibility index (Phi) is 4.21. The molecule has 0 spiro atoms. The van der Waals surface area contributed by atoms with Crippen molar-refractivity contribution in [3.63, 3.8) is 0 Å². The van der Waals surface area contributed by atoms with Crippen molar-refractivity contribution in [3.05, 3.63) is 28.5 Å². The van der Waals surface area contributed by atoms with Gasteiger partial charge >= 0.3 is 0 Å². The Balaban J connectivity index is 1.99. The van der Waals surface area contributed by atoms with Crippen LogP contribution in [-0.2, 0) is 6.42 Å². The van der Waals surface area contributed by atoms with E-state index in [-0.39, 0.29) is 5.54 Å². The SMILES string of the molecule is CCC1CCC(N)(Cc2cncc(Br)c2)CC1. The first-order valence-corrected chi connectivity index (χ1v) is 7.29. The van der Waals surface area contributed by atoms with Crippen LogP contribution in [0.5, 0.6) is 0 Å². The summed E-state index contributed by atoms with van der Waals surface area (Å²) in [6.45, 7) is 2.28. The van der Waals surface area contributed by atoms with Gasteiger partial charge in [0.1, 0.15) is 0 Å². The molecule has 0 saturated heterocycles. The van der Waals surface area contributed by atoms with Crippen molar-refractivity contribution >= 4 is 15.9 Å². The molecular formula is C14H21BrN2. The van der Waals surface area contributed by atoms with Gasteiger partial charge in [0.15, 0.2) is 0 Å². The van der Waals surface area contributed by atoms with E-state index in [1.165, 1.54) is 24.8 Å². The van der Waals surface area contributed by atoms with E-state index in [9.17, 15) is 0 Å². The molecule has 0 aliphatic heterocycles. The van der Waals surface area contributed by atoms with Crippen molar-refractivity contribution in [2.24, 2.45) is 11.7 Å². The number of aromatic nitrogens is 1. The largest absolute Gasteiger partial charge is 0.325 e. The molecule has 0 unspecified atom stereocenters. The summed E-state index contributed by atoms with van der Waals surface area (Å²) in [4.78, 5) is 4.21. The first-order valence-electron chi connectivity index (χ1n) is 6.49. The van der Waals surface area contributed by atoms with E-state index in [0.717, 1.165) is 29.7 Å². The molecule has 1 aromatic rings. The van der Waals surface area contributed by atoms with Gasteiger partial charge in [-0.2, -0.15) is 0 Å². The van der Waals surface area contributed by atoms with Crippen LogP contribution in [0.25, 0.3) is 0 Å². The summed E-state index contributed by atoms with van der Waals surface area (Å²) in [5.74, 6) is 0.896. The lowest BCUT2D eigenvalue weighted by Crippen LogP contribution is -2.45. The number of nitrogens with two attached hydrogens (primary N) is 1. The third kappa shape index (κ3) is 3.52. The Bertz CT molecular complexity index is 370. The first-order chi connectivity index (χ1) is 8.11. The lowest BCUT2D eigenvalue weighted by atomic mass is 9.73. The van der Waals surface area contributed by atoms with Crippen LogP contribution < -0.4 is 5.73 Å². The van der Waals surface area contributed by atoms with E-state index in [4.69, 9.17) is 5.73 Å². The minimum absolute atomic E-state index is 0.00581. The molecule has 1 aliphatic carbocycles. The molecule has 2 rings (SSSR count). The Labute approximate surface area is 112 Å². The van der Waals surface area contributed by atoms with E-state index >= 15 is 0 Å². The molecular weight excluding hydrogens is 276 g/mol. The summed E-state index contributed by atoms with van der Waals surface area (Å²) in [7, 11) is 0. The molecule has 2 nitrogen and oxygen atoms in total. The fourth-order valence-corrected chi connectivity index (χ4v) is 3.21. The van der Waals surface area contributed by atoms with Gasteiger partial charge in [-0.25, -0.2) is 0 Å². The highest BCUT2D eigenvalue weighted by atomic mass is 79.9. The van der Waals surface area contributed by atoms with E-state index < -0.39 is 0 Å². The maximum absolute atomic E-state index is 6.52. The first kappa shape index (κ1) is 13.0. The van der Waals surface area contributed by atoms with E-state index in [1.807, 2.05) is 12.4 Å². The third-order valence-corrected chi connectivity index (χ3v) is 4.43. The highest BCUT2D eigenvalue weighted by Crippen LogP contribution is 2.34. The van der Waals surface area contributed by atoms with Gasteiger partial charge in [0.05, 0.1) is 0 Å². The summed E-state index contributed by atoms with van der Waals surface area (Å²) in [5.41, 5.74) is 7.76. The fraction of sp³-hybridized carbons (Fsp3) is 0.643. The third-order valence-electron chi connectivity index (χ3n) is 4.00. The van der Waals surface area contributed by atoms with Crippen LogP contribution in [0.4, 0.5) is 0 Å². The zero-order valence-electron chi connectivity index (χ0n) is 10.5. The van der Waals surface area contributed by atoms with Crippen molar-refractivity contribution < 1.29 is 0 Å². The molecule has 0 aromatic carbocycles. The second-order valence-electron chi connectivity index (χ2n) is 5.40. The minimum atomic E-state index is -0.00581. The Morgan fingerprint density at radius 3 is 2.71 bits per heavy atom. The van der Waals surface area contributed by atoms with Gasteiger partial charge in [0, 0.05) is 22.4 Å². The number of hydrogen-bond acceptors (Lipinski definition) is 2. The zero-order chi connectivity index (χ0) is 12.3. The summed E-state index contributed by atoms with van der Waals surface area (Å²) in [6.07, 6.45) is 10.9. The summed E-state index contributed by atoms with van der Waals surface area (Å²) in [5, 5.41) is 0. The topological polar surface area (TPSA) is 38.9 Å². The zero-order valence-corrected chi connectivity index (χ0v) is 12.0. The van der Waals surface area contributed by atoms with Crippen LogP contribution in [0.15, 0.2) is 22.9 Å². The summed E-state index contributed by atoms with van der Waals surface area (Å²) >= 11 is 3.46. The Hall–Kier alpha value is -0.410. The monoisotopic (exact) mass is 296 g/mol. The van der Waals surface area contributed by atoms with Crippen molar-refractivity contribution in [3.8, 4) is 0 Å². The molecule has 2 N–H and O–H groups in total. The molecule has 1 heterocycles. The van der Waals surface area contributed by atoms with Crippen LogP contribution in [0.3, 0.4) is 0 Å². The number of halogens is 1. The maximum Gasteiger partial charge on any atom is 0.0410 e. The van der Waals surface area contributed by atoms with E-state index in [0.29, 0.717) is 0 Å². The average molecular weight is 297 g/mol. The molecule has 17 heavy (non-hydrogen) atoms. The number of nitrogens with zero attached hydrogens (tertiary/aromatic N) is 1.